The van der Waals surface area contributed by atoms with Crippen molar-refractivity contribution in [1.29, 1.82) is 0 Å². The van der Waals surface area contributed by atoms with Crippen LogP contribution < -0.4 is 5.32 Å². The molecule has 0 radical (unpaired) electrons. The monoisotopic (exact) mass is 453 g/mol. The van der Waals surface area contributed by atoms with E-state index in [1.807, 2.05) is 30.5 Å². The van der Waals surface area contributed by atoms with Gasteiger partial charge in [0.1, 0.15) is 6.10 Å². The SMILES string of the molecule is CC1=C(C(=O)OC2CCCCC2)[C@@H](c2cccs2)C2=C(C[C@@H](c3cccs3)CC2=O)N1. The van der Waals surface area contributed by atoms with Crippen LogP contribution in [0.25, 0.3) is 0 Å². The summed E-state index contributed by atoms with van der Waals surface area (Å²) < 4.78 is 5.96. The van der Waals surface area contributed by atoms with E-state index in [0.29, 0.717) is 12.0 Å². The minimum absolute atomic E-state index is 0.00817. The van der Waals surface area contributed by atoms with Crippen molar-refractivity contribution in [1.82, 2.24) is 5.32 Å². The molecule has 1 aliphatic heterocycles. The minimum atomic E-state index is -0.330. The lowest BCUT2D eigenvalue weighted by Crippen LogP contribution is -2.36. The van der Waals surface area contributed by atoms with Crippen LogP contribution in [0.5, 0.6) is 0 Å². The van der Waals surface area contributed by atoms with E-state index in [9.17, 15) is 9.59 Å². The number of ketones is 1. The van der Waals surface area contributed by atoms with Crippen molar-refractivity contribution in [3.63, 3.8) is 0 Å². The minimum Gasteiger partial charge on any atom is -0.459 e. The number of dihydropyridines is 1. The van der Waals surface area contributed by atoms with Gasteiger partial charge in [0.2, 0.25) is 0 Å². The maximum atomic E-state index is 13.4. The molecule has 6 heteroatoms. The lowest BCUT2D eigenvalue weighted by atomic mass is 9.74. The third-order valence-electron chi connectivity index (χ3n) is 6.65. The summed E-state index contributed by atoms with van der Waals surface area (Å²) in [5.74, 6) is -0.258. The quantitative estimate of drug-likeness (QED) is 0.573. The normalized spacial score (nSPS) is 24.7. The smallest absolute Gasteiger partial charge is 0.337 e. The molecule has 3 heterocycles. The van der Waals surface area contributed by atoms with Gasteiger partial charge in [0.25, 0.3) is 0 Å². The molecule has 4 nitrogen and oxygen atoms in total. The molecule has 1 saturated carbocycles. The molecular weight excluding hydrogens is 426 g/mol. The Bertz CT molecular complexity index is 1030. The topological polar surface area (TPSA) is 55.4 Å². The molecule has 2 atom stereocenters. The van der Waals surface area contributed by atoms with Crippen LogP contribution in [-0.2, 0) is 14.3 Å². The van der Waals surface area contributed by atoms with E-state index in [1.54, 1.807) is 22.7 Å². The van der Waals surface area contributed by atoms with E-state index in [2.05, 4.69) is 16.8 Å². The molecule has 5 rings (SSSR count). The highest BCUT2D eigenvalue weighted by atomic mass is 32.1. The Morgan fingerprint density at radius 2 is 1.74 bits per heavy atom. The predicted octanol–water partition coefficient (Wildman–Crippen LogP) is 6.05. The highest BCUT2D eigenvalue weighted by molar-refractivity contribution is 7.10. The molecule has 2 aromatic heterocycles. The summed E-state index contributed by atoms with van der Waals surface area (Å²) in [5, 5.41) is 7.53. The van der Waals surface area contributed by atoms with Crippen LogP contribution in [0.3, 0.4) is 0 Å². The van der Waals surface area contributed by atoms with Gasteiger partial charge in [-0.3, -0.25) is 4.79 Å². The molecule has 2 aromatic rings. The van der Waals surface area contributed by atoms with Crippen LogP contribution in [0.4, 0.5) is 0 Å². The zero-order chi connectivity index (χ0) is 21.4. The molecule has 2 aliphatic carbocycles. The van der Waals surface area contributed by atoms with E-state index in [4.69, 9.17) is 4.74 Å². The third-order valence-corrected chi connectivity index (χ3v) is 8.62. The fourth-order valence-corrected chi connectivity index (χ4v) is 6.85. The van der Waals surface area contributed by atoms with E-state index in [0.717, 1.165) is 53.9 Å². The van der Waals surface area contributed by atoms with Gasteiger partial charge in [0.15, 0.2) is 5.78 Å². The number of esters is 1. The van der Waals surface area contributed by atoms with Gasteiger partial charge >= 0.3 is 5.97 Å². The second-order valence-electron chi connectivity index (χ2n) is 8.71. The number of carbonyl (C=O) groups excluding carboxylic acids is 2. The zero-order valence-electron chi connectivity index (χ0n) is 17.7. The number of thiophene rings is 2. The number of allylic oxidation sites excluding steroid dienone is 3. The average Bonchev–Trinajstić information content (AvgIpc) is 3.47. The number of Topliss-reactive ketones (excluding diaryl/α,β-unsaturated/α-hetero) is 1. The molecule has 31 heavy (non-hydrogen) atoms. The van der Waals surface area contributed by atoms with Crippen LogP contribution in [0, 0.1) is 0 Å². The van der Waals surface area contributed by atoms with Gasteiger partial charge in [-0.15, -0.1) is 22.7 Å². The summed E-state index contributed by atoms with van der Waals surface area (Å²) in [7, 11) is 0. The molecule has 0 bridgehead atoms. The van der Waals surface area contributed by atoms with E-state index in [-0.39, 0.29) is 29.7 Å². The molecule has 162 valence electrons. The van der Waals surface area contributed by atoms with Gasteiger partial charge in [-0.05, 0) is 61.9 Å². The van der Waals surface area contributed by atoms with Crippen molar-refractivity contribution in [2.24, 2.45) is 0 Å². The van der Waals surface area contributed by atoms with E-state index < -0.39 is 0 Å². The Hall–Kier alpha value is -2.18. The number of nitrogens with one attached hydrogen (secondary N) is 1. The van der Waals surface area contributed by atoms with Gasteiger partial charge in [0.05, 0.1) is 11.5 Å². The Balaban J connectivity index is 1.49. The molecule has 0 aromatic carbocycles. The molecule has 0 unspecified atom stereocenters. The van der Waals surface area contributed by atoms with Crippen LogP contribution in [0.15, 0.2) is 57.6 Å². The lowest BCUT2D eigenvalue weighted by Gasteiger charge is -2.36. The van der Waals surface area contributed by atoms with Gasteiger partial charge in [-0.25, -0.2) is 4.79 Å². The molecule has 3 aliphatic rings. The van der Waals surface area contributed by atoms with Crippen LogP contribution in [-0.4, -0.2) is 17.9 Å². The number of hydrogen-bond donors (Lipinski definition) is 1. The highest BCUT2D eigenvalue weighted by Crippen LogP contribution is 2.47. The second-order valence-corrected chi connectivity index (χ2v) is 10.7. The largest absolute Gasteiger partial charge is 0.459 e. The number of rotatable bonds is 4. The van der Waals surface area contributed by atoms with Crippen molar-refractivity contribution < 1.29 is 14.3 Å². The van der Waals surface area contributed by atoms with Crippen LogP contribution in [0.2, 0.25) is 0 Å². The fourth-order valence-electron chi connectivity index (χ4n) is 5.17. The summed E-state index contributed by atoms with van der Waals surface area (Å²) in [4.78, 5) is 29.1. The first-order valence-electron chi connectivity index (χ1n) is 11.1. The molecular formula is C25H27NO3S2. The van der Waals surface area contributed by atoms with Gasteiger partial charge < -0.3 is 10.1 Å². The summed E-state index contributed by atoms with van der Waals surface area (Å²) in [6.07, 6.45) is 6.59. The summed E-state index contributed by atoms with van der Waals surface area (Å²) in [6.45, 7) is 1.95. The number of hydrogen-bond acceptors (Lipinski definition) is 6. The lowest BCUT2D eigenvalue weighted by molar-refractivity contribution is -0.146. The maximum absolute atomic E-state index is 13.4. The van der Waals surface area contributed by atoms with Crippen molar-refractivity contribution in [2.75, 3.05) is 0 Å². The number of ether oxygens (including phenoxy) is 1. The van der Waals surface area contributed by atoms with Crippen molar-refractivity contribution >= 4 is 34.4 Å². The van der Waals surface area contributed by atoms with Gasteiger partial charge in [0, 0.05) is 39.1 Å². The van der Waals surface area contributed by atoms with Crippen molar-refractivity contribution in [3.8, 4) is 0 Å². The Labute approximate surface area is 191 Å². The number of carbonyl (C=O) groups is 2. The fraction of sp³-hybridized carbons (Fsp3) is 0.440. The Morgan fingerprint density at radius 3 is 2.42 bits per heavy atom. The highest BCUT2D eigenvalue weighted by Gasteiger charge is 2.42. The van der Waals surface area contributed by atoms with Gasteiger partial charge in [-0.1, -0.05) is 18.6 Å². The molecule has 0 spiro atoms. The zero-order valence-corrected chi connectivity index (χ0v) is 19.3. The predicted molar refractivity (Wildman–Crippen MR) is 124 cm³/mol. The summed E-state index contributed by atoms with van der Waals surface area (Å²) >= 11 is 3.31. The van der Waals surface area contributed by atoms with Crippen molar-refractivity contribution in [3.05, 3.63) is 67.3 Å². The van der Waals surface area contributed by atoms with Crippen molar-refractivity contribution in [2.45, 2.75) is 69.8 Å². The average molecular weight is 454 g/mol. The van der Waals surface area contributed by atoms with E-state index >= 15 is 0 Å². The summed E-state index contributed by atoms with van der Waals surface area (Å²) in [5.41, 5.74) is 3.16. The molecule has 0 amide bonds. The molecule has 1 N–H and O–H groups in total. The van der Waals surface area contributed by atoms with Gasteiger partial charge in [-0.2, -0.15) is 0 Å². The first-order chi connectivity index (χ1) is 15.1. The first kappa shape index (κ1) is 20.7. The van der Waals surface area contributed by atoms with E-state index in [1.165, 1.54) is 11.3 Å². The molecule has 1 fully saturated rings. The standard InChI is InChI=1S/C25H27NO3S2/c1-15-22(25(28)29-17-7-3-2-4-8-17)24(21-10-6-12-31-21)23-18(26-15)13-16(14-19(23)27)20-9-5-11-30-20/h5-6,9-12,16-17,24,26H,2-4,7-8,13-14H2,1H3/t16-,24-/m1/s1. The summed E-state index contributed by atoms with van der Waals surface area (Å²) in [6, 6.07) is 8.18. The maximum Gasteiger partial charge on any atom is 0.337 e. The Morgan fingerprint density at radius 1 is 1.03 bits per heavy atom. The van der Waals surface area contributed by atoms with Crippen LogP contribution >= 0.6 is 22.7 Å². The Kier molecular flexibility index (Phi) is 5.85. The third kappa shape index (κ3) is 4.03. The molecule has 0 saturated heterocycles. The first-order valence-corrected chi connectivity index (χ1v) is 12.9. The van der Waals surface area contributed by atoms with Crippen LogP contribution in [0.1, 0.15) is 73.5 Å². The second kappa shape index (κ2) is 8.75.